The molecule has 0 aromatic rings. The van der Waals surface area contributed by atoms with Crippen LogP contribution in [0.1, 0.15) is 19.8 Å². The largest absolute Gasteiger partial charge is 0.368 e. The second-order valence-electron chi connectivity index (χ2n) is 2.74. The third kappa shape index (κ3) is 1.30. The lowest BCUT2D eigenvalue weighted by molar-refractivity contribution is -0.145. The molecule has 2 N–H and O–H groups in total. The van der Waals surface area contributed by atoms with Gasteiger partial charge in [0.05, 0.1) is 0 Å². The molecule has 0 radical (unpaired) electrons. The quantitative estimate of drug-likeness (QED) is 0.540. The van der Waals surface area contributed by atoms with E-state index in [-0.39, 0.29) is 24.7 Å². The lowest BCUT2D eigenvalue weighted by Crippen LogP contribution is -2.45. The van der Waals surface area contributed by atoms with Gasteiger partial charge >= 0.3 is 0 Å². The van der Waals surface area contributed by atoms with Gasteiger partial charge in [-0.3, -0.25) is 19.3 Å². The van der Waals surface area contributed by atoms with Crippen molar-refractivity contribution in [2.24, 2.45) is 5.73 Å². The molecule has 1 unspecified atom stereocenters. The molecule has 1 heterocycles. The predicted octanol–water partition coefficient (Wildman–Crippen LogP) is -0.991. The molecule has 1 aliphatic rings. The lowest BCUT2D eigenvalue weighted by Gasteiger charge is -2.18. The highest BCUT2D eigenvalue weighted by Crippen LogP contribution is 2.14. The zero-order chi connectivity index (χ0) is 9.30. The molecule has 1 fully saturated rings. The molecule has 0 aromatic heterocycles. The minimum Gasteiger partial charge on any atom is -0.368 e. The highest BCUT2D eigenvalue weighted by atomic mass is 16.2. The molecule has 1 rings (SSSR count). The topological polar surface area (TPSA) is 80.5 Å². The first-order valence-electron chi connectivity index (χ1n) is 3.68. The molecule has 5 heteroatoms. The number of rotatable bonds is 2. The van der Waals surface area contributed by atoms with Crippen molar-refractivity contribution in [3.05, 3.63) is 0 Å². The number of likely N-dealkylation sites (tertiary alicyclic amines) is 1. The van der Waals surface area contributed by atoms with E-state index in [1.807, 2.05) is 0 Å². The van der Waals surface area contributed by atoms with Gasteiger partial charge in [0.15, 0.2) is 0 Å². The number of amides is 3. The van der Waals surface area contributed by atoms with E-state index in [9.17, 15) is 14.4 Å². The minimum atomic E-state index is -0.813. The first-order chi connectivity index (χ1) is 5.54. The van der Waals surface area contributed by atoms with Crippen LogP contribution in [-0.2, 0) is 14.4 Å². The number of carbonyl (C=O) groups excluding carboxylic acids is 3. The van der Waals surface area contributed by atoms with Crippen molar-refractivity contribution < 1.29 is 14.4 Å². The van der Waals surface area contributed by atoms with Gasteiger partial charge in [-0.2, -0.15) is 0 Å². The number of imide groups is 1. The van der Waals surface area contributed by atoms with E-state index in [0.717, 1.165) is 4.90 Å². The Morgan fingerprint density at radius 2 is 1.83 bits per heavy atom. The monoisotopic (exact) mass is 170 g/mol. The summed E-state index contributed by atoms with van der Waals surface area (Å²) in [5.74, 6) is -1.28. The summed E-state index contributed by atoms with van der Waals surface area (Å²) in [5.41, 5.74) is 4.96. The van der Waals surface area contributed by atoms with E-state index in [1.165, 1.54) is 6.92 Å². The van der Waals surface area contributed by atoms with E-state index < -0.39 is 11.9 Å². The second-order valence-corrected chi connectivity index (χ2v) is 2.74. The molecule has 0 aromatic carbocycles. The molecule has 3 amide bonds. The molecule has 0 bridgehead atoms. The molecular formula is C7H10N2O3. The normalized spacial score (nSPS) is 19.9. The Labute approximate surface area is 69.5 Å². The van der Waals surface area contributed by atoms with Crippen LogP contribution in [0.3, 0.4) is 0 Å². The van der Waals surface area contributed by atoms with Crippen LogP contribution in [0.5, 0.6) is 0 Å². The maximum Gasteiger partial charge on any atom is 0.240 e. The van der Waals surface area contributed by atoms with E-state index in [1.54, 1.807) is 0 Å². The third-order valence-electron chi connectivity index (χ3n) is 1.89. The van der Waals surface area contributed by atoms with Gasteiger partial charge in [-0.15, -0.1) is 0 Å². The maximum absolute atomic E-state index is 11.0. The second kappa shape index (κ2) is 2.92. The molecule has 0 aliphatic carbocycles. The highest BCUT2D eigenvalue weighted by Gasteiger charge is 2.34. The van der Waals surface area contributed by atoms with Crippen molar-refractivity contribution >= 4 is 17.7 Å². The van der Waals surface area contributed by atoms with Crippen LogP contribution in [0.25, 0.3) is 0 Å². The van der Waals surface area contributed by atoms with Gasteiger partial charge in [0.25, 0.3) is 0 Å². The van der Waals surface area contributed by atoms with Crippen molar-refractivity contribution in [1.82, 2.24) is 4.90 Å². The van der Waals surface area contributed by atoms with E-state index in [0.29, 0.717) is 0 Å². The van der Waals surface area contributed by atoms with Crippen molar-refractivity contribution in [2.45, 2.75) is 25.8 Å². The predicted molar refractivity (Wildman–Crippen MR) is 39.7 cm³/mol. The van der Waals surface area contributed by atoms with Gasteiger partial charge in [0.1, 0.15) is 6.04 Å². The van der Waals surface area contributed by atoms with Gasteiger partial charge in [0.2, 0.25) is 17.7 Å². The Balaban J connectivity index is 2.79. The fourth-order valence-electron chi connectivity index (χ4n) is 1.15. The van der Waals surface area contributed by atoms with Crippen LogP contribution in [0.2, 0.25) is 0 Å². The van der Waals surface area contributed by atoms with Gasteiger partial charge in [-0.1, -0.05) is 0 Å². The van der Waals surface area contributed by atoms with E-state index in [2.05, 4.69) is 0 Å². The first-order valence-corrected chi connectivity index (χ1v) is 3.68. The summed E-state index contributed by atoms with van der Waals surface area (Å²) in [7, 11) is 0. The Morgan fingerprint density at radius 3 is 2.17 bits per heavy atom. The summed E-state index contributed by atoms with van der Waals surface area (Å²) in [6, 6.07) is -0.813. The molecule has 1 aliphatic heterocycles. The Hall–Kier alpha value is -1.39. The van der Waals surface area contributed by atoms with Crippen LogP contribution >= 0.6 is 0 Å². The molecule has 1 saturated heterocycles. The van der Waals surface area contributed by atoms with Crippen molar-refractivity contribution in [3.8, 4) is 0 Å². The summed E-state index contributed by atoms with van der Waals surface area (Å²) in [6.45, 7) is 1.45. The number of nitrogens with zero attached hydrogens (tertiary/aromatic N) is 1. The van der Waals surface area contributed by atoms with Gasteiger partial charge in [-0.25, -0.2) is 0 Å². The summed E-state index contributed by atoms with van der Waals surface area (Å²) in [6.07, 6.45) is 0.382. The third-order valence-corrected chi connectivity index (χ3v) is 1.89. The van der Waals surface area contributed by atoms with Crippen LogP contribution in [-0.4, -0.2) is 28.7 Å². The van der Waals surface area contributed by atoms with Crippen molar-refractivity contribution in [2.75, 3.05) is 0 Å². The smallest absolute Gasteiger partial charge is 0.240 e. The Bertz CT molecular complexity index is 233. The number of primary amides is 1. The Morgan fingerprint density at radius 1 is 1.42 bits per heavy atom. The van der Waals surface area contributed by atoms with E-state index >= 15 is 0 Å². The lowest BCUT2D eigenvalue weighted by atomic mass is 10.3. The Kier molecular flexibility index (Phi) is 2.12. The average Bonchev–Trinajstić information content (AvgIpc) is 2.30. The summed E-state index contributed by atoms with van der Waals surface area (Å²) >= 11 is 0. The fourth-order valence-corrected chi connectivity index (χ4v) is 1.15. The van der Waals surface area contributed by atoms with Crippen LogP contribution < -0.4 is 5.73 Å². The maximum atomic E-state index is 11.0. The molecule has 12 heavy (non-hydrogen) atoms. The average molecular weight is 170 g/mol. The molecule has 1 atom stereocenters. The summed E-state index contributed by atoms with van der Waals surface area (Å²) in [5, 5.41) is 0. The van der Waals surface area contributed by atoms with Gasteiger partial charge in [0, 0.05) is 12.8 Å². The van der Waals surface area contributed by atoms with Crippen molar-refractivity contribution in [3.63, 3.8) is 0 Å². The molecule has 0 spiro atoms. The zero-order valence-electron chi connectivity index (χ0n) is 6.74. The molecule has 66 valence electrons. The number of hydrogen-bond donors (Lipinski definition) is 1. The minimum absolute atomic E-state index is 0.191. The number of nitrogens with two attached hydrogens (primary N) is 1. The SMILES string of the molecule is CC(C(N)=O)N1C(=O)CCC1=O. The van der Waals surface area contributed by atoms with Gasteiger partial charge < -0.3 is 5.73 Å². The van der Waals surface area contributed by atoms with Gasteiger partial charge in [-0.05, 0) is 6.92 Å². The van der Waals surface area contributed by atoms with Crippen LogP contribution in [0.15, 0.2) is 0 Å². The van der Waals surface area contributed by atoms with Crippen LogP contribution in [0, 0.1) is 0 Å². The van der Waals surface area contributed by atoms with Crippen molar-refractivity contribution in [1.29, 1.82) is 0 Å². The number of hydrogen-bond acceptors (Lipinski definition) is 3. The van der Waals surface area contributed by atoms with E-state index in [4.69, 9.17) is 5.73 Å². The molecular weight excluding hydrogens is 160 g/mol. The number of carbonyl (C=O) groups is 3. The summed E-state index contributed by atoms with van der Waals surface area (Å²) in [4.78, 5) is 33.6. The molecule has 5 nitrogen and oxygen atoms in total. The highest BCUT2D eigenvalue weighted by molar-refractivity contribution is 6.05. The van der Waals surface area contributed by atoms with Crippen LogP contribution in [0.4, 0.5) is 0 Å². The molecule has 0 saturated carbocycles. The standard InChI is InChI=1S/C7H10N2O3/c1-4(7(8)12)9-5(10)2-3-6(9)11/h4H,2-3H2,1H3,(H2,8,12). The summed E-state index contributed by atoms with van der Waals surface area (Å²) < 4.78 is 0. The first kappa shape index (κ1) is 8.70. The zero-order valence-corrected chi connectivity index (χ0v) is 6.74. The fraction of sp³-hybridized carbons (Fsp3) is 0.571.